The average Bonchev–Trinajstić information content (AvgIpc) is 2.45. The third-order valence-electron chi connectivity index (χ3n) is 3.09. The zero-order valence-electron chi connectivity index (χ0n) is 11.0. The Kier molecular flexibility index (Phi) is 5.19. The SMILES string of the molecule is CCOCC(=O)N1CCOC(c2ccc(Cl)cc2)C1. The van der Waals surface area contributed by atoms with Crippen LogP contribution in [-0.2, 0) is 14.3 Å². The molecular weight excluding hydrogens is 266 g/mol. The summed E-state index contributed by atoms with van der Waals surface area (Å²) in [6.45, 7) is 4.30. The lowest BCUT2D eigenvalue weighted by atomic mass is 10.1. The number of carbonyl (C=O) groups excluding carboxylic acids is 1. The van der Waals surface area contributed by atoms with Crippen LogP contribution in [0.5, 0.6) is 0 Å². The van der Waals surface area contributed by atoms with Crippen LogP contribution in [0.2, 0.25) is 5.02 Å². The maximum atomic E-state index is 11.9. The second-order valence-electron chi connectivity index (χ2n) is 4.39. The maximum absolute atomic E-state index is 11.9. The maximum Gasteiger partial charge on any atom is 0.248 e. The van der Waals surface area contributed by atoms with E-state index in [0.29, 0.717) is 31.3 Å². The Labute approximate surface area is 118 Å². The monoisotopic (exact) mass is 283 g/mol. The number of benzene rings is 1. The van der Waals surface area contributed by atoms with E-state index in [2.05, 4.69) is 0 Å². The van der Waals surface area contributed by atoms with Crippen molar-refractivity contribution in [2.24, 2.45) is 0 Å². The molecule has 5 heteroatoms. The van der Waals surface area contributed by atoms with Crippen LogP contribution in [0.1, 0.15) is 18.6 Å². The molecule has 1 aromatic carbocycles. The first-order valence-corrected chi connectivity index (χ1v) is 6.81. The number of ether oxygens (including phenoxy) is 2. The van der Waals surface area contributed by atoms with Crippen molar-refractivity contribution in [1.82, 2.24) is 4.90 Å². The first-order valence-electron chi connectivity index (χ1n) is 6.43. The summed E-state index contributed by atoms with van der Waals surface area (Å²) in [5.74, 6) is 0.0177. The molecule has 1 fully saturated rings. The van der Waals surface area contributed by atoms with E-state index in [4.69, 9.17) is 21.1 Å². The van der Waals surface area contributed by atoms with Gasteiger partial charge in [-0.25, -0.2) is 0 Å². The van der Waals surface area contributed by atoms with Gasteiger partial charge in [0.05, 0.1) is 13.2 Å². The molecule has 1 aliphatic heterocycles. The van der Waals surface area contributed by atoms with Crippen molar-refractivity contribution in [1.29, 1.82) is 0 Å². The zero-order valence-corrected chi connectivity index (χ0v) is 11.7. The molecule has 1 saturated heterocycles. The van der Waals surface area contributed by atoms with Gasteiger partial charge in [0.15, 0.2) is 0 Å². The molecular formula is C14H18ClNO3. The van der Waals surface area contributed by atoms with Gasteiger partial charge in [0.25, 0.3) is 0 Å². The molecule has 1 atom stereocenters. The molecule has 4 nitrogen and oxygen atoms in total. The third-order valence-corrected chi connectivity index (χ3v) is 3.34. The Balaban J connectivity index is 1.96. The summed E-state index contributed by atoms with van der Waals surface area (Å²) in [7, 11) is 0. The molecule has 0 aromatic heterocycles. The van der Waals surface area contributed by atoms with Gasteiger partial charge < -0.3 is 14.4 Å². The number of hydrogen-bond donors (Lipinski definition) is 0. The van der Waals surface area contributed by atoms with Crippen LogP contribution < -0.4 is 0 Å². The molecule has 2 rings (SSSR count). The minimum Gasteiger partial charge on any atom is -0.372 e. The smallest absolute Gasteiger partial charge is 0.248 e. The average molecular weight is 284 g/mol. The third kappa shape index (κ3) is 3.93. The lowest BCUT2D eigenvalue weighted by molar-refractivity contribution is -0.143. The van der Waals surface area contributed by atoms with E-state index in [1.807, 2.05) is 31.2 Å². The van der Waals surface area contributed by atoms with Gasteiger partial charge in [0.2, 0.25) is 5.91 Å². The van der Waals surface area contributed by atoms with E-state index < -0.39 is 0 Å². The highest BCUT2D eigenvalue weighted by atomic mass is 35.5. The van der Waals surface area contributed by atoms with Crippen LogP contribution in [0, 0.1) is 0 Å². The molecule has 0 saturated carbocycles. The molecule has 19 heavy (non-hydrogen) atoms. The van der Waals surface area contributed by atoms with Crippen molar-refractivity contribution in [2.45, 2.75) is 13.0 Å². The van der Waals surface area contributed by atoms with Gasteiger partial charge in [-0.2, -0.15) is 0 Å². The predicted molar refractivity (Wildman–Crippen MR) is 73.2 cm³/mol. The van der Waals surface area contributed by atoms with Gasteiger partial charge in [-0.15, -0.1) is 0 Å². The van der Waals surface area contributed by atoms with Gasteiger partial charge >= 0.3 is 0 Å². The number of rotatable bonds is 4. The summed E-state index contributed by atoms with van der Waals surface area (Å²) in [4.78, 5) is 13.7. The van der Waals surface area contributed by atoms with Crippen molar-refractivity contribution in [3.8, 4) is 0 Å². The van der Waals surface area contributed by atoms with E-state index in [1.54, 1.807) is 4.90 Å². The molecule has 0 bridgehead atoms. The number of halogens is 1. The number of nitrogens with zero attached hydrogens (tertiary/aromatic N) is 1. The van der Waals surface area contributed by atoms with Crippen molar-refractivity contribution in [3.63, 3.8) is 0 Å². The molecule has 0 N–H and O–H groups in total. The van der Waals surface area contributed by atoms with Crippen molar-refractivity contribution in [2.75, 3.05) is 32.9 Å². The van der Waals surface area contributed by atoms with E-state index in [9.17, 15) is 4.79 Å². The van der Waals surface area contributed by atoms with Gasteiger partial charge in [-0.1, -0.05) is 23.7 Å². The van der Waals surface area contributed by atoms with Crippen LogP contribution in [0.25, 0.3) is 0 Å². The first-order chi connectivity index (χ1) is 9.20. The van der Waals surface area contributed by atoms with Crippen LogP contribution >= 0.6 is 11.6 Å². The van der Waals surface area contributed by atoms with Crippen LogP contribution in [0.15, 0.2) is 24.3 Å². The minimum atomic E-state index is -0.0865. The molecule has 1 aromatic rings. The summed E-state index contributed by atoms with van der Waals surface area (Å²) >= 11 is 5.87. The summed E-state index contributed by atoms with van der Waals surface area (Å²) in [5.41, 5.74) is 1.04. The Hall–Kier alpha value is -1.10. The fourth-order valence-electron chi connectivity index (χ4n) is 2.04. The zero-order chi connectivity index (χ0) is 13.7. The van der Waals surface area contributed by atoms with Crippen LogP contribution in [0.4, 0.5) is 0 Å². The molecule has 0 spiro atoms. The minimum absolute atomic E-state index is 0.0177. The molecule has 1 unspecified atom stereocenters. The van der Waals surface area contributed by atoms with Gasteiger partial charge in [-0.3, -0.25) is 4.79 Å². The predicted octanol–water partition coefficient (Wildman–Crippen LogP) is 2.28. The fourth-order valence-corrected chi connectivity index (χ4v) is 2.16. The Bertz CT molecular complexity index is 421. The highest BCUT2D eigenvalue weighted by Crippen LogP contribution is 2.23. The fraction of sp³-hybridized carbons (Fsp3) is 0.500. The number of hydrogen-bond acceptors (Lipinski definition) is 3. The number of amides is 1. The lowest BCUT2D eigenvalue weighted by Gasteiger charge is -2.33. The van der Waals surface area contributed by atoms with E-state index in [-0.39, 0.29) is 18.6 Å². The van der Waals surface area contributed by atoms with Gasteiger partial charge in [0.1, 0.15) is 12.7 Å². The lowest BCUT2D eigenvalue weighted by Crippen LogP contribution is -2.43. The molecule has 0 radical (unpaired) electrons. The van der Waals surface area contributed by atoms with Gasteiger partial charge in [0, 0.05) is 18.2 Å². The second kappa shape index (κ2) is 6.89. The molecule has 104 valence electrons. The van der Waals surface area contributed by atoms with Gasteiger partial charge in [-0.05, 0) is 24.6 Å². The Morgan fingerprint density at radius 1 is 1.47 bits per heavy atom. The highest BCUT2D eigenvalue weighted by molar-refractivity contribution is 6.30. The standard InChI is InChI=1S/C14H18ClNO3/c1-2-18-10-14(17)16-7-8-19-13(9-16)11-3-5-12(15)6-4-11/h3-6,13H,2,7-10H2,1H3. The summed E-state index contributed by atoms with van der Waals surface area (Å²) < 4.78 is 10.9. The quantitative estimate of drug-likeness (QED) is 0.851. The largest absolute Gasteiger partial charge is 0.372 e. The Morgan fingerprint density at radius 2 is 2.21 bits per heavy atom. The van der Waals surface area contributed by atoms with Crippen LogP contribution in [-0.4, -0.2) is 43.7 Å². The molecule has 1 heterocycles. The van der Waals surface area contributed by atoms with Crippen molar-refractivity contribution in [3.05, 3.63) is 34.9 Å². The van der Waals surface area contributed by atoms with Crippen molar-refractivity contribution < 1.29 is 14.3 Å². The first kappa shape index (κ1) is 14.3. The topological polar surface area (TPSA) is 38.8 Å². The van der Waals surface area contributed by atoms with Crippen molar-refractivity contribution >= 4 is 17.5 Å². The van der Waals surface area contributed by atoms with E-state index >= 15 is 0 Å². The Morgan fingerprint density at radius 3 is 2.89 bits per heavy atom. The molecule has 1 aliphatic rings. The summed E-state index contributed by atoms with van der Waals surface area (Å²) in [6.07, 6.45) is -0.0865. The number of carbonyl (C=O) groups is 1. The normalized spacial score (nSPS) is 19.5. The summed E-state index contributed by atoms with van der Waals surface area (Å²) in [5, 5.41) is 0.698. The molecule has 1 amide bonds. The number of morpholine rings is 1. The second-order valence-corrected chi connectivity index (χ2v) is 4.82. The van der Waals surface area contributed by atoms with Crippen LogP contribution in [0.3, 0.4) is 0 Å². The van der Waals surface area contributed by atoms with E-state index in [0.717, 1.165) is 5.56 Å². The van der Waals surface area contributed by atoms with E-state index in [1.165, 1.54) is 0 Å². The highest BCUT2D eigenvalue weighted by Gasteiger charge is 2.25. The summed E-state index contributed by atoms with van der Waals surface area (Å²) in [6, 6.07) is 7.54. The molecule has 0 aliphatic carbocycles.